The first-order valence-corrected chi connectivity index (χ1v) is 8.50. The number of aryl methyl sites for hydroxylation is 2. The molecule has 0 N–H and O–H groups in total. The van der Waals surface area contributed by atoms with Crippen LogP contribution in [0.2, 0.25) is 0 Å². The average molecular weight is 316 g/mol. The monoisotopic (exact) mass is 316 g/mol. The minimum Gasteiger partial charge on any atom is -0.293 e. The molecule has 0 unspecified atom stereocenters. The second-order valence-electron chi connectivity index (χ2n) is 6.59. The van der Waals surface area contributed by atoms with Gasteiger partial charge in [-0.05, 0) is 67.7 Å². The highest BCUT2D eigenvalue weighted by atomic mass is 32.2. The number of hydrogen-bond acceptors (Lipinski definition) is 5. The molecule has 1 aromatic carbocycles. The Morgan fingerprint density at radius 2 is 2.05 bits per heavy atom. The van der Waals surface area contributed by atoms with E-state index in [1.54, 1.807) is 4.68 Å². The molecule has 0 spiro atoms. The number of tetrazole rings is 1. The van der Waals surface area contributed by atoms with Crippen molar-refractivity contribution in [3.8, 4) is 0 Å². The van der Waals surface area contributed by atoms with Gasteiger partial charge < -0.3 is 0 Å². The van der Waals surface area contributed by atoms with Gasteiger partial charge in [-0.25, -0.2) is 4.68 Å². The fourth-order valence-electron chi connectivity index (χ4n) is 2.65. The van der Waals surface area contributed by atoms with Crippen LogP contribution in [-0.2, 0) is 18.4 Å². The molecule has 22 heavy (non-hydrogen) atoms. The topological polar surface area (TPSA) is 60.7 Å². The van der Waals surface area contributed by atoms with E-state index in [-0.39, 0.29) is 11.3 Å². The molecule has 1 heterocycles. The molecule has 2 aromatic rings. The molecule has 0 radical (unpaired) electrons. The van der Waals surface area contributed by atoms with Crippen molar-refractivity contribution >= 4 is 17.5 Å². The van der Waals surface area contributed by atoms with Gasteiger partial charge in [0.15, 0.2) is 5.78 Å². The van der Waals surface area contributed by atoms with Gasteiger partial charge in [0, 0.05) is 5.56 Å². The van der Waals surface area contributed by atoms with Gasteiger partial charge in [0.05, 0.1) is 11.3 Å². The van der Waals surface area contributed by atoms with Crippen LogP contribution in [0.3, 0.4) is 0 Å². The third-order valence-electron chi connectivity index (χ3n) is 3.83. The van der Waals surface area contributed by atoms with E-state index in [2.05, 4.69) is 27.7 Å². The molecule has 0 amide bonds. The quantitative estimate of drug-likeness (QED) is 0.641. The standard InChI is InChI=1S/C16H20N4OS/c1-16(2,3)20-15(17-18-19-20)22-10-14(21)13-8-7-11-5-4-6-12(11)9-13/h7-9H,4-6,10H2,1-3H3. The van der Waals surface area contributed by atoms with Crippen molar-refractivity contribution in [2.24, 2.45) is 0 Å². The number of Topliss-reactive ketones (excluding diaryl/α,β-unsaturated/α-hetero) is 1. The molecule has 0 bridgehead atoms. The number of thioether (sulfide) groups is 1. The summed E-state index contributed by atoms with van der Waals surface area (Å²) in [5.41, 5.74) is 3.32. The maximum Gasteiger partial charge on any atom is 0.210 e. The molecule has 6 heteroatoms. The Morgan fingerprint density at radius 3 is 2.82 bits per heavy atom. The number of rotatable bonds is 4. The van der Waals surface area contributed by atoms with E-state index in [1.807, 2.05) is 26.8 Å². The van der Waals surface area contributed by atoms with Crippen molar-refractivity contribution in [1.82, 2.24) is 20.2 Å². The summed E-state index contributed by atoms with van der Waals surface area (Å²) in [6.45, 7) is 6.11. The molecule has 1 aliphatic rings. The molecule has 0 saturated heterocycles. The number of carbonyl (C=O) groups excluding carboxylic acids is 1. The maximum atomic E-state index is 12.4. The molecule has 3 rings (SSSR count). The maximum absolute atomic E-state index is 12.4. The highest BCUT2D eigenvalue weighted by molar-refractivity contribution is 7.99. The smallest absolute Gasteiger partial charge is 0.210 e. The number of nitrogens with zero attached hydrogens (tertiary/aromatic N) is 4. The van der Waals surface area contributed by atoms with Crippen molar-refractivity contribution in [3.05, 3.63) is 34.9 Å². The van der Waals surface area contributed by atoms with E-state index in [0.717, 1.165) is 18.4 Å². The van der Waals surface area contributed by atoms with Gasteiger partial charge in [-0.2, -0.15) is 0 Å². The minimum absolute atomic E-state index is 0.128. The average Bonchev–Trinajstić information content (AvgIpc) is 3.11. The van der Waals surface area contributed by atoms with Crippen LogP contribution in [0, 0.1) is 0 Å². The van der Waals surface area contributed by atoms with Gasteiger partial charge in [0.1, 0.15) is 0 Å². The molecular weight excluding hydrogens is 296 g/mol. The van der Waals surface area contributed by atoms with Gasteiger partial charge in [0.2, 0.25) is 5.16 Å². The van der Waals surface area contributed by atoms with Crippen LogP contribution in [0.15, 0.2) is 23.4 Å². The Kier molecular flexibility index (Phi) is 4.04. The molecular formula is C16H20N4OS. The first-order valence-electron chi connectivity index (χ1n) is 7.52. The highest BCUT2D eigenvalue weighted by Gasteiger charge is 2.21. The van der Waals surface area contributed by atoms with E-state index in [9.17, 15) is 4.79 Å². The van der Waals surface area contributed by atoms with Gasteiger partial charge >= 0.3 is 0 Å². The van der Waals surface area contributed by atoms with Crippen molar-refractivity contribution in [2.45, 2.75) is 50.7 Å². The highest BCUT2D eigenvalue weighted by Crippen LogP contribution is 2.25. The number of fused-ring (bicyclic) bond motifs is 1. The summed E-state index contributed by atoms with van der Waals surface area (Å²) < 4.78 is 1.76. The molecule has 0 saturated carbocycles. The van der Waals surface area contributed by atoms with Crippen LogP contribution in [0.4, 0.5) is 0 Å². The molecule has 0 aliphatic heterocycles. The summed E-state index contributed by atoms with van der Waals surface area (Å²) in [6.07, 6.45) is 3.42. The number of ketones is 1. The number of benzene rings is 1. The zero-order chi connectivity index (χ0) is 15.7. The lowest BCUT2D eigenvalue weighted by Crippen LogP contribution is -2.24. The van der Waals surface area contributed by atoms with Crippen LogP contribution in [-0.4, -0.2) is 31.7 Å². The lowest BCUT2D eigenvalue weighted by Gasteiger charge is -2.19. The van der Waals surface area contributed by atoms with E-state index >= 15 is 0 Å². The molecule has 0 atom stereocenters. The van der Waals surface area contributed by atoms with Crippen molar-refractivity contribution in [3.63, 3.8) is 0 Å². The third-order valence-corrected chi connectivity index (χ3v) is 4.75. The molecule has 1 aromatic heterocycles. The number of aromatic nitrogens is 4. The minimum atomic E-state index is -0.192. The van der Waals surface area contributed by atoms with Crippen LogP contribution in [0.1, 0.15) is 48.7 Å². The van der Waals surface area contributed by atoms with Gasteiger partial charge in [-0.1, -0.05) is 23.9 Å². The largest absolute Gasteiger partial charge is 0.293 e. The molecule has 1 aliphatic carbocycles. The van der Waals surface area contributed by atoms with E-state index in [1.165, 1.54) is 29.3 Å². The summed E-state index contributed by atoms with van der Waals surface area (Å²) in [4.78, 5) is 12.4. The van der Waals surface area contributed by atoms with Crippen LogP contribution in [0.5, 0.6) is 0 Å². The normalized spacial score (nSPS) is 14.1. The lowest BCUT2D eigenvalue weighted by atomic mass is 10.0. The van der Waals surface area contributed by atoms with Crippen LogP contribution < -0.4 is 0 Å². The summed E-state index contributed by atoms with van der Waals surface area (Å²) in [7, 11) is 0. The second-order valence-corrected chi connectivity index (χ2v) is 7.54. The second kappa shape index (κ2) is 5.83. The zero-order valence-electron chi connectivity index (χ0n) is 13.2. The first-order chi connectivity index (χ1) is 10.4. The van der Waals surface area contributed by atoms with Gasteiger partial charge in [0.25, 0.3) is 0 Å². The first kappa shape index (κ1) is 15.2. The fraction of sp³-hybridized carbons (Fsp3) is 0.500. The van der Waals surface area contributed by atoms with Crippen LogP contribution >= 0.6 is 11.8 Å². The summed E-state index contributed by atoms with van der Waals surface area (Å²) >= 11 is 1.39. The van der Waals surface area contributed by atoms with E-state index in [4.69, 9.17) is 0 Å². The predicted octanol–water partition coefficient (Wildman–Crippen LogP) is 2.89. The lowest BCUT2D eigenvalue weighted by molar-refractivity contribution is 0.102. The molecule has 116 valence electrons. The SMILES string of the molecule is CC(C)(C)n1nnnc1SCC(=O)c1ccc2c(c1)CCC2. The summed E-state index contributed by atoms with van der Waals surface area (Å²) in [5, 5.41) is 12.4. The van der Waals surface area contributed by atoms with Crippen molar-refractivity contribution < 1.29 is 4.79 Å². The van der Waals surface area contributed by atoms with E-state index in [0.29, 0.717) is 10.9 Å². The number of carbonyl (C=O) groups is 1. The molecule has 0 fully saturated rings. The number of hydrogen-bond donors (Lipinski definition) is 0. The Morgan fingerprint density at radius 1 is 1.27 bits per heavy atom. The summed E-state index contributed by atoms with van der Waals surface area (Å²) in [5.74, 6) is 0.484. The van der Waals surface area contributed by atoms with Crippen LogP contribution in [0.25, 0.3) is 0 Å². The third kappa shape index (κ3) is 3.06. The zero-order valence-corrected chi connectivity index (χ0v) is 14.0. The van der Waals surface area contributed by atoms with Gasteiger partial charge in [-0.15, -0.1) is 5.10 Å². The predicted molar refractivity (Wildman–Crippen MR) is 86.3 cm³/mol. The Bertz CT molecular complexity index is 702. The fourth-order valence-corrected chi connectivity index (χ4v) is 3.60. The Balaban J connectivity index is 1.69. The van der Waals surface area contributed by atoms with E-state index < -0.39 is 0 Å². The Labute approximate surface area is 134 Å². The van der Waals surface area contributed by atoms with Crippen molar-refractivity contribution in [2.75, 3.05) is 5.75 Å². The van der Waals surface area contributed by atoms with Crippen molar-refractivity contribution in [1.29, 1.82) is 0 Å². The molecule has 5 nitrogen and oxygen atoms in total. The summed E-state index contributed by atoms with van der Waals surface area (Å²) in [6, 6.07) is 6.09. The Hall–Kier alpha value is -1.69. The van der Waals surface area contributed by atoms with Gasteiger partial charge in [-0.3, -0.25) is 4.79 Å².